The number of likely N-dealkylation sites (tertiary alicyclic amines) is 1. The van der Waals surface area contributed by atoms with Gasteiger partial charge in [-0.25, -0.2) is 4.79 Å². The molecule has 98 valence electrons. The highest BCUT2D eigenvalue weighted by Gasteiger charge is 2.41. The molecule has 0 bridgehead atoms. The molecule has 1 saturated heterocycles. The van der Waals surface area contributed by atoms with E-state index in [4.69, 9.17) is 5.73 Å². The Hall–Kier alpha value is -1.55. The first-order valence-electron chi connectivity index (χ1n) is 6.37. The maximum absolute atomic E-state index is 12.1. The van der Waals surface area contributed by atoms with Crippen molar-refractivity contribution in [2.45, 2.75) is 38.4 Å². The van der Waals surface area contributed by atoms with Gasteiger partial charge in [-0.2, -0.15) is 0 Å². The number of benzene rings is 1. The summed E-state index contributed by atoms with van der Waals surface area (Å²) in [6.45, 7) is 5.33. The number of carbonyl (C=O) groups excluding carboxylic acids is 1. The van der Waals surface area contributed by atoms with E-state index in [1.807, 2.05) is 49.1 Å². The van der Waals surface area contributed by atoms with Gasteiger partial charge in [0.15, 0.2) is 0 Å². The molecule has 2 rings (SSSR count). The fraction of sp³-hybridized carbons (Fsp3) is 0.500. The normalized spacial score (nSPS) is 21.9. The van der Waals surface area contributed by atoms with Crippen molar-refractivity contribution in [3.63, 3.8) is 0 Å². The Kier molecular flexibility index (Phi) is 3.57. The van der Waals surface area contributed by atoms with Crippen molar-refractivity contribution in [1.82, 2.24) is 10.2 Å². The number of hydrogen-bond donors (Lipinski definition) is 2. The molecule has 1 aliphatic heterocycles. The second-order valence-corrected chi connectivity index (χ2v) is 5.34. The summed E-state index contributed by atoms with van der Waals surface area (Å²) in [6, 6.07) is 9.93. The van der Waals surface area contributed by atoms with Crippen LogP contribution in [0.2, 0.25) is 0 Å². The first-order chi connectivity index (χ1) is 8.51. The molecular weight excluding hydrogens is 226 g/mol. The van der Waals surface area contributed by atoms with Gasteiger partial charge >= 0.3 is 6.03 Å². The second kappa shape index (κ2) is 4.98. The number of carbonyl (C=O) groups is 1. The lowest BCUT2D eigenvalue weighted by Crippen LogP contribution is -2.53. The van der Waals surface area contributed by atoms with Crippen LogP contribution in [-0.4, -0.2) is 29.1 Å². The fourth-order valence-corrected chi connectivity index (χ4v) is 2.34. The van der Waals surface area contributed by atoms with Crippen LogP contribution >= 0.6 is 0 Å². The molecule has 1 unspecified atom stereocenters. The van der Waals surface area contributed by atoms with Gasteiger partial charge in [-0.15, -0.1) is 0 Å². The maximum Gasteiger partial charge on any atom is 0.318 e. The molecule has 1 heterocycles. The van der Waals surface area contributed by atoms with E-state index in [9.17, 15) is 4.79 Å². The zero-order valence-electron chi connectivity index (χ0n) is 11.0. The molecule has 0 radical (unpaired) electrons. The van der Waals surface area contributed by atoms with Crippen LogP contribution in [-0.2, 0) is 6.54 Å². The Labute approximate surface area is 108 Å². The highest BCUT2D eigenvalue weighted by molar-refractivity contribution is 5.75. The molecule has 1 aromatic rings. The summed E-state index contributed by atoms with van der Waals surface area (Å²) in [7, 11) is 0. The van der Waals surface area contributed by atoms with Crippen molar-refractivity contribution in [3.05, 3.63) is 35.9 Å². The van der Waals surface area contributed by atoms with Gasteiger partial charge in [-0.3, -0.25) is 0 Å². The molecule has 3 N–H and O–H groups in total. The van der Waals surface area contributed by atoms with Crippen molar-refractivity contribution in [2.75, 3.05) is 6.54 Å². The topological polar surface area (TPSA) is 58.4 Å². The summed E-state index contributed by atoms with van der Waals surface area (Å²) in [5, 5.41) is 2.95. The largest absolute Gasteiger partial charge is 0.334 e. The highest BCUT2D eigenvalue weighted by Crippen LogP contribution is 2.27. The van der Waals surface area contributed by atoms with Crippen LogP contribution in [0.4, 0.5) is 4.79 Å². The molecule has 0 saturated carbocycles. The molecule has 0 spiro atoms. The molecule has 4 nitrogen and oxygen atoms in total. The van der Waals surface area contributed by atoms with E-state index in [1.165, 1.54) is 0 Å². The van der Waals surface area contributed by atoms with Crippen LogP contribution < -0.4 is 11.1 Å². The number of nitrogens with zero attached hydrogens (tertiary/aromatic N) is 1. The lowest BCUT2D eigenvalue weighted by molar-refractivity contribution is 0.159. The Bertz CT molecular complexity index is 416. The average Bonchev–Trinajstić information content (AvgIpc) is 2.63. The smallest absolute Gasteiger partial charge is 0.318 e. The second-order valence-electron chi connectivity index (χ2n) is 5.34. The molecule has 1 fully saturated rings. The van der Waals surface area contributed by atoms with Crippen LogP contribution in [0, 0.1) is 0 Å². The van der Waals surface area contributed by atoms with Crippen molar-refractivity contribution >= 4 is 6.03 Å². The summed E-state index contributed by atoms with van der Waals surface area (Å²) in [6.07, 6.45) is 0.867. The molecule has 4 heteroatoms. The number of nitrogens with two attached hydrogens (primary N) is 1. The van der Waals surface area contributed by atoms with Crippen LogP contribution in [0.25, 0.3) is 0 Å². The van der Waals surface area contributed by atoms with E-state index in [2.05, 4.69) is 5.32 Å². The summed E-state index contributed by atoms with van der Waals surface area (Å²) in [4.78, 5) is 14.0. The zero-order chi connectivity index (χ0) is 13.2. The first-order valence-corrected chi connectivity index (χ1v) is 6.37. The lowest BCUT2D eigenvalue weighted by Gasteiger charge is -2.34. The van der Waals surface area contributed by atoms with Crippen LogP contribution in [0.15, 0.2) is 30.3 Å². The molecule has 1 aromatic carbocycles. The SMILES string of the molecule is CC1(C)C(N)CCN1C(=O)NCc1ccccc1. The van der Waals surface area contributed by atoms with Crippen molar-refractivity contribution < 1.29 is 4.79 Å². The maximum atomic E-state index is 12.1. The van der Waals surface area contributed by atoms with Crippen LogP contribution in [0.3, 0.4) is 0 Å². The molecule has 1 atom stereocenters. The molecule has 18 heavy (non-hydrogen) atoms. The number of hydrogen-bond acceptors (Lipinski definition) is 2. The third-order valence-corrected chi connectivity index (χ3v) is 3.80. The summed E-state index contributed by atoms with van der Waals surface area (Å²) >= 11 is 0. The minimum Gasteiger partial charge on any atom is -0.334 e. The van der Waals surface area contributed by atoms with Gasteiger partial charge in [0.2, 0.25) is 0 Å². The van der Waals surface area contributed by atoms with Crippen molar-refractivity contribution in [1.29, 1.82) is 0 Å². The Morgan fingerprint density at radius 2 is 2.11 bits per heavy atom. The van der Waals surface area contributed by atoms with E-state index in [-0.39, 0.29) is 17.6 Å². The predicted molar refractivity (Wildman–Crippen MR) is 72.1 cm³/mol. The Morgan fingerprint density at radius 3 is 2.67 bits per heavy atom. The minimum absolute atomic E-state index is 0.0307. The van der Waals surface area contributed by atoms with Gasteiger partial charge in [0, 0.05) is 19.1 Å². The van der Waals surface area contributed by atoms with Gasteiger partial charge in [0.05, 0.1) is 5.54 Å². The van der Waals surface area contributed by atoms with Gasteiger partial charge in [0.25, 0.3) is 0 Å². The average molecular weight is 247 g/mol. The molecular formula is C14H21N3O. The third-order valence-electron chi connectivity index (χ3n) is 3.80. The summed E-state index contributed by atoms with van der Waals surface area (Å²) < 4.78 is 0. The molecule has 0 aromatic heterocycles. The third kappa shape index (κ3) is 2.48. The Morgan fingerprint density at radius 1 is 1.44 bits per heavy atom. The monoisotopic (exact) mass is 247 g/mol. The van der Waals surface area contributed by atoms with E-state index in [1.54, 1.807) is 0 Å². The quantitative estimate of drug-likeness (QED) is 0.836. The Balaban J connectivity index is 1.93. The van der Waals surface area contributed by atoms with Gasteiger partial charge in [0.1, 0.15) is 0 Å². The standard InChI is InChI=1S/C14H21N3O/c1-14(2)12(15)8-9-17(14)13(18)16-10-11-6-4-3-5-7-11/h3-7,12H,8-10,15H2,1-2H3,(H,16,18). The van der Waals surface area contributed by atoms with Crippen molar-refractivity contribution in [3.8, 4) is 0 Å². The first kappa shape index (κ1) is 12.9. The predicted octanol–water partition coefficient (Wildman–Crippen LogP) is 1.71. The van der Waals surface area contributed by atoms with Gasteiger partial charge in [-0.1, -0.05) is 30.3 Å². The highest BCUT2D eigenvalue weighted by atomic mass is 16.2. The van der Waals surface area contributed by atoms with E-state index < -0.39 is 0 Å². The zero-order valence-corrected chi connectivity index (χ0v) is 11.0. The molecule has 0 aliphatic carbocycles. The van der Waals surface area contributed by atoms with Gasteiger partial charge in [-0.05, 0) is 25.8 Å². The summed E-state index contributed by atoms with van der Waals surface area (Å²) in [5.74, 6) is 0. The molecule has 2 amide bonds. The number of amides is 2. The number of urea groups is 1. The number of nitrogens with one attached hydrogen (secondary N) is 1. The van der Waals surface area contributed by atoms with Gasteiger partial charge < -0.3 is 16.0 Å². The van der Waals surface area contributed by atoms with Crippen molar-refractivity contribution in [2.24, 2.45) is 5.73 Å². The van der Waals surface area contributed by atoms with Crippen LogP contribution in [0.1, 0.15) is 25.8 Å². The minimum atomic E-state index is -0.263. The van der Waals surface area contributed by atoms with E-state index in [0.717, 1.165) is 18.5 Å². The summed E-state index contributed by atoms with van der Waals surface area (Å²) in [5.41, 5.74) is 6.87. The van der Waals surface area contributed by atoms with Crippen LogP contribution in [0.5, 0.6) is 0 Å². The molecule has 1 aliphatic rings. The number of rotatable bonds is 2. The van der Waals surface area contributed by atoms with E-state index in [0.29, 0.717) is 6.54 Å². The lowest BCUT2D eigenvalue weighted by atomic mass is 9.97. The fourth-order valence-electron chi connectivity index (χ4n) is 2.34. The van der Waals surface area contributed by atoms with E-state index >= 15 is 0 Å².